The molecule has 160 valence electrons. The molecule has 9 nitrogen and oxygen atoms in total. The van der Waals surface area contributed by atoms with Gasteiger partial charge in [-0.05, 0) is 40.2 Å². The van der Waals surface area contributed by atoms with Gasteiger partial charge >= 0.3 is 0 Å². The van der Waals surface area contributed by atoms with Crippen LogP contribution in [0.1, 0.15) is 44.5 Å². The van der Waals surface area contributed by atoms with Crippen LogP contribution in [0.2, 0.25) is 0 Å². The SMILES string of the molecule is CC(C)(O)CCNC(=O)c1cnc(-n2ccc3cncnc32)cc1NCC(C)(C)O. The lowest BCUT2D eigenvalue weighted by molar-refractivity contribution is 0.0692. The number of pyridine rings is 1. The van der Waals surface area contributed by atoms with Gasteiger partial charge in [0.05, 0.1) is 22.5 Å². The second-order valence-electron chi connectivity index (χ2n) is 8.56. The van der Waals surface area contributed by atoms with Crippen molar-refractivity contribution in [3.05, 3.63) is 42.6 Å². The smallest absolute Gasteiger partial charge is 0.254 e. The molecular weight excluding hydrogens is 384 g/mol. The maximum absolute atomic E-state index is 12.7. The highest BCUT2D eigenvalue weighted by atomic mass is 16.3. The number of carbonyl (C=O) groups is 1. The summed E-state index contributed by atoms with van der Waals surface area (Å²) in [6.45, 7) is 7.32. The fourth-order valence-corrected chi connectivity index (χ4v) is 2.86. The van der Waals surface area contributed by atoms with Crippen LogP contribution in [0.25, 0.3) is 16.9 Å². The quantitative estimate of drug-likeness (QED) is 0.445. The van der Waals surface area contributed by atoms with Crippen LogP contribution < -0.4 is 10.6 Å². The number of amides is 1. The summed E-state index contributed by atoms with van der Waals surface area (Å²) in [5.74, 6) is 0.270. The van der Waals surface area contributed by atoms with Gasteiger partial charge in [0.1, 0.15) is 17.8 Å². The third-order valence-electron chi connectivity index (χ3n) is 4.46. The molecule has 0 saturated carbocycles. The summed E-state index contributed by atoms with van der Waals surface area (Å²) in [7, 11) is 0. The van der Waals surface area contributed by atoms with Gasteiger partial charge in [0.15, 0.2) is 0 Å². The number of carbonyl (C=O) groups excluding carboxylic acids is 1. The molecule has 0 aliphatic carbocycles. The van der Waals surface area contributed by atoms with Crippen LogP contribution in [-0.2, 0) is 0 Å². The summed E-state index contributed by atoms with van der Waals surface area (Å²) < 4.78 is 1.81. The van der Waals surface area contributed by atoms with Gasteiger partial charge < -0.3 is 20.8 Å². The number of nitrogens with one attached hydrogen (secondary N) is 2. The van der Waals surface area contributed by atoms with Crippen molar-refractivity contribution in [1.82, 2.24) is 24.8 Å². The molecule has 3 rings (SSSR count). The van der Waals surface area contributed by atoms with E-state index in [0.29, 0.717) is 35.7 Å². The molecule has 1 amide bonds. The van der Waals surface area contributed by atoms with E-state index in [1.54, 1.807) is 40.0 Å². The van der Waals surface area contributed by atoms with Crippen LogP contribution in [0.4, 0.5) is 5.69 Å². The standard InChI is InChI=1S/C21H28N6O3/c1-20(2,29)6-7-23-19(28)15-11-24-17(9-16(15)25-12-21(3,4)30)27-8-5-14-10-22-13-26-18(14)27/h5,8-11,13,29-30H,6-7,12H2,1-4H3,(H,23,28)(H,24,25). The largest absolute Gasteiger partial charge is 0.390 e. The topological polar surface area (TPSA) is 125 Å². The van der Waals surface area contributed by atoms with Crippen molar-refractivity contribution in [2.75, 3.05) is 18.4 Å². The highest BCUT2D eigenvalue weighted by Gasteiger charge is 2.19. The van der Waals surface area contributed by atoms with Crippen molar-refractivity contribution >= 4 is 22.6 Å². The zero-order valence-corrected chi connectivity index (χ0v) is 17.7. The predicted octanol–water partition coefficient (Wildman–Crippen LogP) is 1.89. The third kappa shape index (κ3) is 5.52. The lowest BCUT2D eigenvalue weighted by atomic mass is 10.1. The molecule has 0 atom stereocenters. The Morgan fingerprint density at radius 1 is 1.13 bits per heavy atom. The lowest BCUT2D eigenvalue weighted by Gasteiger charge is -2.21. The molecule has 0 bridgehead atoms. The zero-order chi connectivity index (χ0) is 21.9. The molecule has 0 aromatic carbocycles. The molecular formula is C21H28N6O3. The number of anilines is 1. The summed E-state index contributed by atoms with van der Waals surface area (Å²) in [4.78, 5) is 25.5. The fourth-order valence-electron chi connectivity index (χ4n) is 2.86. The van der Waals surface area contributed by atoms with E-state index in [1.807, 2.05) is 16.8 Å². The molecule has 0 radical (unpaired) electrons. The molecule has 0 saturated heterocycles. The number of hydrogen-bond donors (Lipinski definition) is 4. The first kappa shape index (κ1) is 21.7. The predicted molar refractivity (Wildman–Crippen MR) is 115 cm³/mol. The Morgan fingerprint density at radius 3 is 2.60 bits per heavy atom. The third-order valence-corrected chi connectivity index (χ3v) is 4.46. The van der Waals surface area contributed by atoms with Gasteiger partial charge in [0.25, 0.3) is 5.91 Å². The van der Waals surface area contributed by atoms with Crippen molar-refractivity contribution < 1.29 is 15.0 Å². The Morgan fingerprint density at radius 2 is 1.90 bits per heavy atom. The molecule has 30 heavy (non-hydrogen) atoms. The number of nitrogens with zero attached hydrogens (tertiary/aromatic N) is 4. The van der Waals surface area contributed by atoms with E-state index in [4.69, 9.17) is 0 Å². The number of rotatable bonds is 8. The first-order valence-corrected chi connectivity index (χ1v) is 9.78. The number of hydrogen-bond acceptors (Lipinski definition) is 7. The molecule has 3 heterocycles. The molecule has 0 aliphatic rings. The molecule has 0 fully saturated rings. The van der Waals surface area contributed by atoms with Crippen LogP contribution in [0.3, 0.4) is 0 Å². The normalized spacial score (nSPS) is 12.2. The molecule has 0 aliphatic heterocycles. The van der Waals surface area contributed by atoms with Crippen molar-refractivity contribution in [1.29, 1.82) is 0 Å². The van der Waals surface area contributed by atoms with E-state index < -0.39 is 11.2 Å². The van der Waals surface area contributed by atoms with E-state index in [1.165, 1.54) is 12.5 Å². The number of fused-ring (bicyclic) bond motifs is 1. The summed E-state index contributed by atoms with van der Waals surface area (Å²) in [6, 6.07) is 3.64. The Kier molecular flexibility index (Phi) is 6.04. The van der Waals surface area contributed by atoms with Gasteiger partial charge in [-0.1, -0.05) is 0 Å². The van der Waals surface area contributed by atoms with E-state index in [0.717, 1.165) is 5.39 Å². The lowest BCUT2D eigenvalue weighted by Crippen LogP contribution is -2.33. The molecule has 0 spiro atoms. The fraction of sp³-hybridized carbons (Fsp3) is 0.429. The average molecular weight is 412 g/mol. The van der Waals surface area contributed by atoms with Crippen LogP contribution >= 0.6 is 0 Å². The van der Waals surface area contributed by atoms with Crippen molar-refractivity contribution in [2.24, 2.45) is 0 Å². The Balaban J connectivity index is 1.91. The van der Waals surface area contributed by atoms with Crippen LogP contribution in [0, 0.1) is 0 Å². The van der Waals surface area contributed by atoms with Gasteiger partial charge in [0, 0.05) is 43.1 Å². The molecule has 3 aromatic rings. The minimum absolute atomic E-state index is 0.245. The Hall–Kier alpha value is -3.04. The van der Waals surface area contributed by atoms with Gasteiger partial charge in [-0.15, -0.1) is 0 Å². The summed E-state index contributed by atoms with van der Waals surface area (Å²) in [6.07, 6.45) is 6.94. The first-order valence-electron chi connectivity index (χ1n) is 9.78. The Labute approximate surface area is 175 Å². The molecule has 4 N–H and O–H groups in total. The monoisotopic (exact) mass is 412 g/mol. The number of aromatic nitrogens is 4. The van der Waals surface area contributed by atoms with E-state index in [2.05, 4.69) is 25.6 Å². The highest BCUT2D eigenvalue weighted by molar-refractivity contribution is 5.99. The minimum Gasteiger partial charge on any atom is -0.390 e. The van der Waals surface area contributed by atoms with Crippen molar-refractivity contribution in [3.63, 3.8) is 0 Å². The zero-order valence-electron chi connectivity index (χ0n) is 17.7. The van der Waals surface area contributed by atoms with Gasteiger partial charge in [-0.2, -0.15) is 0 Å². The van der Waals surface area contributed by atoms with Gasteiger partial charge in [0.2, 0.25) is 0 Å². The molecule has 3 aromatic heterocycles. The van der Waals surface area contributed by atoms with E-state index >= 15 is 0 Å². The summed E-state index contributed by atoms with van der Waals surface area (Å²) in [5, 5.41) is 26.8. The maximum atomic E-state index is 12.7. The molecule has 9 heteroatoms. The highest BCUT2D eigenvalue weighted by Crippen LogP contribution is 2.22. The Bertz CT molecular complexity index is 1030. The molecule has 0 unspecified atom stereocenters. The number of aliphatic hydroxyl groups is 2. The van der Waals surface area contributed by atoms with Gasteiger partial charge in [-0.3, -0.25) is 9.36 Å². The average Bonchev–Trinajstić information content (AvgIpc) is 3.08. The van der Waals surface area contributed by atoms with Gasteiger partial charge in [-0.25, -0.2) is 15.0 Å². The van der Waals surface area contributed by atoms with Crippen molar-refractivity contribution in [2.45, 2.75) is 45.3 Å². The first-order chi connectivity index (χ1) is 14.0. The minimum atomic E-state index is -0.967. The summed E-state index contributed by atoms with van der Waals surface area (Å²) >= 11 is 0. The summed E-state index contributed by atoms with van der Waals surface area (Å²) in [5.41, 5.74) is -0.239. The van der Waals surface area contributed by atoms with Crippen molar-refractivity contribution in [3.8, 4) is 5.82 Å². The van der Waals surface area contributed by atoms with Crippen LogP contribution in [-0.4, -0.2) is 59.9 Å². The van der Waals surface area contributed by atoms with Crippen LogP contribution in [0.15, 0.2) is 37.1 Å². The van der Waals surface area contributed by atoms with Crippen LogP contribution in [0.5, 0.6) is 0 Å². The second kappa shape index (κ2) is 8.37. The van der Waals surface area contributed by atoms with E-state index in [9.17, 15) is 15.0 Å². The van der Waals surface area contributed by atoms with E-state index in [-0.39, 0.29) is 12.5 Å². The maximum Gasteiger partial charge on any atom is 0.254 e. The second-order valence-corrected chi connectivity index (χ2v) is 8.56.